The Morgan fingerprint density at radius 2 is 2.00 bits per heavy atom. The second-order valence-corrected chi connectivity index (χ2v) is 7.74. The third-order valence-electron chi connectivity index (χ3n) is 5.43. The second kappa shape index (κ2) is 8.39. The number of aryl methyl sites for hydroxylation is 1. The molecule has 8 nitrogen and oxygen atoms in total. The molecule has 1 N–H and O–H groups in total. The van der Waals surface area contributed by atoms with Crippen molar-refractivity contribution in [3.8, 4) is 6.07 Å². The van der Waals surface area contributed by atoms with Crippen molar-refractivity contribution in [3.63, 3.8) is 0 Å². The zero-order chi connectivity index (χ0) is 20.4. The van der Waals surface area contributed by atoms with E-state index >= 15 is 0 Å². The number of morpholine rings is 1. The van der Waals surface area contributed by atoms with Gasteiger partial charge < -0.3 is 19.9 Å². The number of nitriles is 1. The van der Waals surface area contributed by atoms with Crippen LogP contribution in [0, 0.1) is 25.2 Å². The van der Waals surface area contributed by atoms with Crippen LogP contribution in [0.2, 0.25) is 5.02 Å². The first-order valence-corrected chi connectivity index (χ1v) is 10.2. The van der Waals surface area contributed by atoms with Crippen LogP contribution in [0.25, 0.3) is 0 Å². The number of nitrogens with one attached hydrogen (secondary N) is 1. The molecule has 2 fully saturated rings. The monoisotopic (exact) mass is 413 g/mol. The maximum Gasteiger partial charge on any atom is 0.224 e. The molecular formula is C20H24ClN7O. The van der Waals surface area contributed by atoms with E-state index < -0.39 is 0 Å². The molecule has 2 aliphatic heterocycles. The maximum absolute atomic E-state index is 9.61. The smallest absolute Gasteiger partial charge is 0.224 e. The first-order valence-electron chi connectivity index (χ1n) is 9.81. The van der Waals surface area contributed by atoms with E-state index in [-0.39, 0.29) is 6.04 Å². The molecule has 2 aliphatic rings. The van der Waals surface area contributed by atoms with Gasteiger partial charge in [-0.1, -0.05) is 11.6 Å². The van der Waals surface area contributed by atoms with Crippen LogP contribution >= 0.6 is 11.6 Å². The Bertz CT molecular complexity index is 939. The lowest BCUT2D eigenvalue weighted by molar-refractivity contribution is 0.122. The Labute approximate surface area is 175 Å². The van der Waals surface area contributed by atoms with E-state index in [4.69, 9.17) is 16.3 Å². The van der Waals surface area contributed by atoms with Crippen molar-refractivity contribution >= 4 is 29.2 Å². The molecule has 2 saturated heterocycles. The summed E-state index contributed by atoms with van der Waals surface area (Å²) in [6.07, 6.45) is 2.70. The number of pyridine rings is 1. The van der Waals surface area contributed by atoms with Crippen LogP contribution < -0.4 is 15.1 Å². The molecule has 0 spiro atoms. The number of hydrogen-bond donors (Lipinski definition) is 1. The molecule has 2 aromatic heterocycles. The van der Waals surface area contributed by atoms with Crippen LogP contribution in [0.1, 0.15) is 23.2 Å². The maximum atomic E-state index is 9.61. The molecule has 0 amide bonds. The number of aromatic nitrogens is 3. The van der Waals surface area contributed by atoms with Gasteiger partial charge in [0, 0.05) is 38.4 Å². The van der Waals surface area contributed by atoms with Crippen LogP contribution in [0.15, 0.2) is 12.3 Å². The molecule has 4 heterocycles. The Morgan fingerprint density at radius 3 is 2.76 bits per heavy atom. The van der Waals surface area contributed by atoms with Gasteiger partial charge in [0.1, 0.15) is 17.7 Å². The molecule has 152 valence electrons. The summed E-state index contributed by atoms with van der Waals surface area (Å²) in [6, 6.07) is 4.38. The van der Waals surface area contributed by atoms with Gasteiger partial charge in [-0.2, -0.15) is 10.2 Å². The lowest BCUT2D eigenvalue weighted by Crippen LogP contribution is -2.37. The normalized spacial score (nSPS) is 19.3. The molecule has 0 aliphatic carbocycles. The van der Waals surface area contributed by atoms with Crippen LogP contribution in [0.5, 0.6) is 0 Å². The Kier molecular flexibility index (Phi) is 5.69. The third-order valence-corrected chi connectivity index (χ3v) is 5.98. The number of nitrogens with zero attached hydrogens (tertiary/aromatic N) is 6. The number of rotatable bonds is 4. The summed E-state index contributed by atoms with van der Waals surface area (Å²) < 4.78 is 5.41. The lowest BCUT2D eigenvalue weighted by Gasteiger charge is -2.28. The highest BCUT2D eigenvalue weighted by Crippen LogP contribution is 2.31. The van der Waals surface area contributed by atoms with Crippen molar-refractivity contribution in [1.82, 2.24) is 15.0 Å². The largest absolute Gasteiger partial charge is 0.378 e. The first kappa shape index (κ1) is 19.7. The zero-order valence-corrected chi connectivity index (χ0v) is 17.4. The summed E-state index contributed by atoms with van der Waals surface area (Å²) in [4.78, 5) is 18.0. The van der Waals surface area contributed by atoms with E-state index in [1.807, 2.05) is 19.9 Å². The van der Waals surface area contributed by atoms with Gasteiger partial charge in [0.25, 0.3) is 0 Å². The number of anilines is 3. The van der Waals surface area contributed by atoms with Gasteiger partial charge in [-0.05, 0) is 31.9 Å². The van der Waals surface area contributed by atoms with Crippen molar-refractivity contribution in [2.45, 2.75) is 26.3 Å². The molecule has 2 aromatic rings. The van der Waals surface area contributed by atoms with E-state index in [0.29, 0.717) is 22.4 Å². The third kappa shape index (κ3) is 4.07. The van der Waals surface area contributed by atoms with Crippen molar-refractivity contribution in [2.75, 3.05) is 54.5 Å². The molecule has 0 aromatic carbocycles. The van der Waals surface area contributed by atoms with Gasteiger partial charge in [-0.15, -0.1) is 0 Å². The predicted molar refractivity (Wildman–Crippen MR) is 113 cm³/mol. The highest BCUT2D eigenvalue weighted by atomic mass is 35.5. The molecule has 0 saturated carbocycles. The average Bonchev–Trinajstić information content (AvgIpc) is 3.21. The van der Waals surface area contributed by atoms with Crippen molar-refractivity contribution in [2.24, 2.45) is 0 Å². The van der Waals surface area contributed by atoms with E-state index in [9.17, 15) is 5.26 Å². The Hall–Kier alpha value is -2.63. The predicted octanol–water partition coefficient (Wildman–Crippen LogP) is 2.54. The van der Waals surface area contributed by atoms with E-state index in [0.717, 1.165) is 62.9 Å². The minimum Gasteiger partial charge on any atom is -0.378 e. The fraction of sp³-hybridized carbons (Fsp3) is 0.500. The highest BCUT2D eigenvalue weighted by Gasteiger charge is 2.27. The van der Waals surface area contributed by atoms with Crippen molar-refractivity contribution in [1.29, 1.82) is 5.26 Å². The molecule has 0 bridgehead atoms. The molecule has 9 heteroatoms. The summed E-state index contributed by atoms with van der Waals surface area (Å²) in [6.45, 7) is 8.40. The Morgan fingerprint density at radius 1 is 1.21 bits per heavy atom. The van der Waals surface area contributed by atoms with E-state index in [1.54, 1.807) is 6.20 Å². The molecular weight excluding hydrogens is 390 g/mol. The van der Waals surface area contributed by atoms with Crippen LogP contribution in [0.3, 0.4) is 0 Å². The van der Waals surface area contributed by atoms with E-state index in [2.05, 4.69) is 36.1 Å². The van der Waals surface area contributed by atoms with Crippen LogP contribution in [0.4, 0.5) is 17.6 Å². The van der Waals surface area contributed by atoms with Gasteiger partial charge in [-0.3, -0.25) is 0 Å². The minimum atomic E-state index is 0.180. The molecule has 4 rings (SSSR count). The fourth-order valence-corrected chi connectivity index (χ4v) is 3.95. The number of ether oxygens (including phenoxy) is 1. The summed E-state index contributed by atoms with van der Waals surface area (Å²) in [5.41, 5.74) is 2.08. The zero-order valence-electron chi connectivity index (χ0n) is 16.7. The number of hydrogen-bond acceptors (Lipinski definition) is 8. The molecule has 0 radical (unpaired) electrons. The second-order valence-electron chi connectivity index (χ2n) is 7.36. The van der Waals surface area contributed by atoms with Crippen LogP contribution in [-0.4, -0.2) is 60.4 Å². The van der Waals surface area contributed by atoms with Crippen molar-refractivity contribution in [3.05, 3.63) is 34.1 Å². The summed E-state index contributed by atoms with van der Waals surface area (Å²) in [7, 11) is 0. The summed E-state index contributed by atoms with van der Waals surface area (Å²) in [5.74, 6) is 2.25. The number of halogens is 1. The average molecular weight is 414 g/mol. The van der Waals surface area contributed by atoms with E-state index in [1.165, 1.54) is 0 Å². The van der Waals surface area contributed by atoms with Gasteiger partial charge >= 0.3 is 0 Å². The first-order chi connectivity index (χ1) is 14.1. The van der Waals surface area contributed by atoms with Gasteiger partial charge in [-0.25, -0.2) is 9.97 Å². The summed E-state index contributed by atoms with van der Waals surface area (Å²) >= 11 is 6.28. The topological polar surface area (TPSA) is 90.2 Å². The lowest BCUT2D eigenvalue weighted by atomic mass is 10.1. The van der Waals surface area contributed by atoms with Gasteiger partial charge in [0.05, 0.1) is 29.5 Å². The highest BCUT2D eigenvalue weighted by molar-refractivity contribution is 6.32. The van der Waals surface area contributed by atoms with Gasteiger partial charge in [0.15, 0.2) is 0 Å². The standard InChI is InChI=1S/C20H24ClN7O/c1-13-16(11-22)19(24-14(2)18(13)21)28-6-4-15(12-28)25-20-23-5-3-17(26-20)27-7-9-29-10-8-27/h3,5,15H,4,6-10,12H2,1-2H3,(H,23,25,26). The molecule has 1 atom stereocenters. The SMILES string of the molecule is Cc1nc(N2CCC(Nc3nccc(N4CCOCC4)n3)C2)c(C#N)c(C)c1Cl. The Balaban J connectivity index is 1.47. The molecule has 29 heavy (non-hydrogen) atoms. The summed E-state index contributed by atoms with van der Waals surface area (Å²) in [5, 5.41) is 13.6. The quantitative estimate of drug-likeness (QED) is 0.817. The van der Waals surface area contributed by atoms with Crippen LogP contribution in [-0.2, 0) is 4.74 Å². The minimum absolute atomic E-state index is 0.180. The van der Waals surface area contributed by atoms with Gasteiger partial charge in [0.2, 0.25) is 5.95 Å². The van der Waals surface area contributed by atoms with Crippen molar-refractivity contribution < 1.29 is 4.74 Å². The molecule has 1 unspecified atom stereocenters. The fourth-order valence-electron chi connectivity index (χ4n) is 3.82.